The molecule has 3 aromatic carbocycles. The summed E-state index contributed by atoms with van der Waals surface area (Å²) in [5.41, 5.74) is 3.36. The summed E-state index contributed by atoms with van der Waals surface area (Å²) in [4.78, 5) is 13.1. The lowest BCUT2D eigenvalue weighted by Gasteiger charge is -2.35. The Morgan fingerprint density at radius 3 is 2.85 bits per heavy atom. The van der Waals surface area contributed by atoms with Crippen LogP contribution in [0.4, 0.5) is 5.69 Å². The Labute approximate surface area is 195 Å². The molecule has 1 saturated heterocycles. The molecule has 0 radical (unpaired) electrons. The molecule has 2 N–H and O–H groups in total. The molecule has 0 spiro atoms. The van der Waals surface area contributed by atoms with Crippen LogP contribution in [0.5, 0.6) is 5.75 Å². The van der Waals surface area contributed by atoms with Crippen LogP contribution in [-0.2, 0) is 9.53 Å². The van der Waals surface area contributed by atoms with E-state index in [-0.39, 0.29) is 18.8 Å². The zero-order valence-electron chi connectivity index (χ0n) is 19.3. The molecule has 1 heterocycles. The van der Waals surface area contributed by atoms with Crippen LogP contribution >= 0.6 is 0 Å². The maximum atomic E-state index is 10.7. The molecular weight excluding hydrogens is 416 g/mol. The maximum Gasteiger partial charge on any atom is 0.341 e. The average molecular weight is 449 g/mol. The average Bonchev–Trinajstić information content (AvgIpc) is 2.83. The van der Waals surface area contributed by atoms with E-state index in [4.69, 9.17) is 14.6 Å². The van der Waals surface area contributed by atoms with E-state index in [9.17, 15) is 4.79 Å². The molecular formula is C27H32N2O4. The fourth-order valence-corrected chi connectivity index (χ4v) is 4.46. The topological polar surface area (TPSA) is 71.0 Å². The minimum atomic E-state index is -0.974. The number of carboxylic acids is 1. The molecule has 1 fully saturated rings. The van der Waals surface area contributed by atoms with Crippen molar-refractivity contribution < 1.29 is 19.4 Å². The third kappa shape index (κ3) is 5.83. The summed E-state index contributed by atoms with van der Waals surface area (Å²) in [6.07, 6.45) is 1.10. The van der Waals surface area contributed by atoms with Crippen LogP contribution in [0.25, 0.3) is 10.8 Å². The van der Waals surface area contributed by atoms with Gasteiger partial charge in [-0.25, -0.2) is 4.79 Å². The van der Waals surface area contributed by atoms with Gasteiger partial charge in [0.1, 0.15) is 5.75 Å². The number of fused-ring (bicyclic) bond motifs is 1. The number of hydrogen-bond acceptors (Lipinski definition) is 5. The molecule has 6 heteroatoms. The molecule has 4 rings (SSSR count). The van der Waals surface area contributed by atoms with Gasteiger partial charge in [-0.3, -0.25) is 0 Å². The minimum absolute atomic E-state index is 0.161. The highest BCUT2D eigenvalue weighted by atomic mass is 16.5. The highest BCUT2D eigenvalue weighted by molar-refractivity contribution is 5.86. The smallest absolute Gasteiger partial charge is 0.341 e. The van der Waals surface area contributed by atoms with E-state index in [1.165, 1.54) is 16.3 Å². The van der Waals surface area contributed by atoms with E-state index >= 15 is 0 Å². The Kier molecular flexibility index (Phi) is 7.47. The van der Waals surface area contributed by atoms with Gasteiger partial charge in [0.25, 0.3) is 0 Å². The van der Waals surface area contributed by atoms with Gasteiger partial charge in [-0.2, -0.15) is 0 Å². The summed E-state index contributed by atoms with van der Waals surface area (Å²) < 4.78 is 11.4. The summed E-state index contributed by atoms with van der Waals surface area (Å²) in [6, 6.07) is 21.2. The van der Waals surface area contributed by atoms with Gasteiger partial charge < -0.3 is 24.8 Å². The number of ether oxygens (including phenoxy) is 2. The van der Waals surface area contributed by atoms with Crippen molar-refractivity contribution in [2.45, 2.75) is 32.4 Å². The molecule has 1 aliphatic heterocycles. The molecule has 6 nitrogen and oxygen atoms in total. The number of nitrogens with one attached hydrogen (secondary N) is 1. The number of aliphatic carboxylic acids is 1. The van der Waals surface area contributed by atoms with Crippen molar-refractivity contribution in [1.82, 2.24) is 5.32 Å². The molecule has 33 heavy (non-hydrogen) atoms. The van der Waals surface area contributed by atoms with Gasteiger partial charge >= 0.3 is 5.97 Å². The fourth-order valence-electron chi connectivity index (χ4n) is 4.46. The van der Waals surface area contributed by atoms with Crippen LogP contribution in [0.3, 0.4) is 0 Å². The van der Waals surface area contributed by atoms with Crippen molar-refractivity contribution in [3.63, 3.8) is 0 Å². The van der Waals surface area contributed by atoms with Gasteiger partial charge in [-0.15, -0.1) is 0 Å². The quantitative estimate of drug-likeness (QED) is 0.500. The molecule has 3 aromatic rings. The summed E-state index contributed by atoms with van der Waals surface area (Å²) in [5, 5.41) is 15.1. The van der Waals surface area contributed by atoms with Gasteiger partial charge in [-0.1, -0.05) is 42.5 Å². The second-order valence-corrected chi connectivity index (χ2v) is 8.60. The minimum Gasteiger partial charge on any atom is -0.482 e. The van der Waals surface area contributed by atoms with E-state index in [1.807, 2.05) is 19.1 Å². The Morgan fingerprint density at radius 1 is 1.21 bits per heavy atom. The third-order valence-electron chi connectivity index (χ3n) is 6.22. The molecule has 0 aliphatic carbocycles. The Balaban J connectivity index is 1.31. The Bertz CT molecular complexity index is 1100. The fraction of sp³-hybridized carbons (Fsp3) is 0.370. The van der Waals surface area contributed by atoms with Crippen molar-refractivity contribution in [3.8, 4) is 5.75 Å². The van der Waals surface area contributed by atoms with E-state index in [2.05, 4.69) is 65.7 Å². The Hall–Kier alpha value is -3.09. The predicted molar refractivity (Wildman–Crippen MR) is 131 cm³/mol. The first-order chi connectivity index (χ1) is 16.0. The first kappa shape index (κ1) is 23.1. The lowest BCUT2D eigenvalue weighted by Crippen LogP contribution is -2.43. The molecule has 0 aromatic heterocycles. The lowest BCUT2D eigenvalue weighted by atomic mass is 9.99. The first-order valence-corrected chi connectivity index (χ1v) is 11.5. The zero-order chi connectivity index (χ0) is 23.2. The second-order valence-electron chi connectivity index (χ2n) is 8.60. The highest BCUT2D eigenvalue weighted by Crippen LogP contribution is 2.27. The summed E-state index contributed by atoms with van der Waals surface area (Å²) in [7, 11) is 0. The Morgan fingerprint density at radius 2 is 2.03 bits per heavy atom. The molecule has 1 aliphatic rings. The summed E-state index contributed by atoms with van der Waals surface area (Å²) in [5.74, 6) is -0.365. The molecule has 0 amide bonds. The van der Waals surface area contributed by atoms with Crippen LogP contribution in [0.1, 0.15) is 30.5 Å². The van der Waals surface area contributed by atoms with Gasteiger partial charge in [0.15, 0.2) is 6.61 Å². The first-order valence-electron chi connectivity index (χ1n) is 11.5. The second kappa shape index (κ2) is 10.7. The molecule has 2 atom stereocenters. The largest absolute Gasteiger partial charge is 0.482 e. The monoisotopic (exact) mass is 448 g/mol. The number of aryl methyl sites for hydroxylation is 1. The van der Waals surface area contributed by atoms with Crippen LogP contribution in [0.15, 0.2) is 60.7 Å². The van der Waals surface area contributed by atoms with Gasteiger partial charge in [0, 0.05) is 24.8 Å². The van der Waals surface area contributed by atoms with Gasteiger partial charge in [0.05, 0.1) is 12.7 Å². The van der Waals surface area contributed by atoms with Gasteiger partial charge in [-0.05, 0) is 66.9 Å². The zero-order valence-corrected chi connectivity index (χ0v) is 19.3. The highest BCUT2D eigenvalue weighted by Gasteiger charge is 2.21. The third-order valence-corrected chi connectivity index (χ3v) is 6.22. The van der Waals surface area contributed by atoms with Crippen molar-refractivity contribution >= 4 is 22.4 Å². The van der Waals surface area contributed by atoms with Crippen LogP contribution < -0.4 is 15.0 Å². The maximum absolute atomic E-state index is 10.7. The van der Waals surface area contributed by atoms with Gasteiger partial charge in [0.2, 0.25) is 0 Å². The van der Waals surface area contributed by atoms with Crippen LogP contribution in [0, 0.1) is 6.92 Å². The lowest BCUT2D eigenvalue weighted by molar-refractivity contribution is -0.139. The molecule has 0 bridgehead atoms. The van der Waals surface area contributed by atoms with E-state index in [0.29, 0.717) is 12.4 Å². The van der Waals surface area contributed by atoms with Crippen LogP contribution in [-0.4, -0.2) is 50.0 Å². The molecule has 174 valence electrons. The number of carbonyl (C=O) groups is 1. The summed E-state index contributed by atoms with van der Waals surface area (Å²) in [6.45, 7) is 7.07. The number of hydrogen-bond donors (Lipinski definition) is 2. The van der Waals surface area contributed by atoms with Crippen LogP contribution in [0.2, 0.25) is 0 Å². The standard InChI is InChI=1S/C27H32N2O4/c1-19-16-22(10-11-26(19)33-18-27(30)31)29-14-15-32-23(17-29)12-13-28-20(2)24-9-5-7-21-6-3-4-8-25(21)24/h3-11,16,20,23,28H,12-15,17-18H2,1-2H3,(H,30,31). The normalized spacial score (nSPS) is 17.2. The van der Waals surface area contributed by atoms with E-state index in [0.717, 1.165) is 37.3 Å². The van der Waals surface area contributed by atoms with Crippen molar-refractivity contribution in [2.75, 3.05) is 37.7 Å². The number of nitrogens with zero attached hydrogens (tertiary/aromatic N) is 1. The van der Waals surface area contributed by atoms with E-state index in [1.54, 1.807) is 0 Å². The number of anilines is 1. The number of rotatable bonds is 9. The van der Waals surface area contributed by atoms with Crippen molar-refractivity contribution in [1.29, 1.82) is 0 Å². The number of morpholine rings is 1. The summed E-state index contributed by atoms with van der Waals surface area (Å²) >= 11 is 0. The van der Waals surface area contributed by atoms with E-state index < -0.39 is 5.97 Å². The molecule has 2 unspecified atom stereocenters. The molecule has 0 saturated carbocycles. The number of benzene rings is 3. The SMILES string of the molecule is Cc1cc(N2CCOC(CCNC(C)c3cccc4ccccc34)C2)ccc1OCC(=O)O. The van der Waals surface area contributed by atoms with Crippen molar-refractivity contribution in [2.24, 2.45) is 0 Å². The predicted octanol–water partition coefficient (Wildman–Crippen LogP) is 4.56. The number of carboxylic acid groups (broad SMARTS) is 1. The van der Waals surface area contributed by atoms with Crippen molar-refractivity contribution in [3.05, 3.63) is 71.8 Å².